The topological polar surface area (TPSA) is 23.5 Å². The summed E-state index contributed by atoms with van der Waals surface area (Å²) in [5.41, 5.74) is 6.04. The van der Waals surface area contributed by atoms with Gasteiger partial charge in [0.05, 0.1) is 6.10 Å². The summed E-state index contributed by atoms with van der Waals surface area (Å²) in [4.78, 5) is 2.35. The summed E-state index contributed by atoms with van der Waals surface area (Å²) >= 11 is 0. The second-order valence-corrected chi connectivity index (χ2v) is 7.37. The van der Waals surface area contributed by atoms with Gasteiger partial charge in [0.1, 0.15) is 0 Å². The highest BCUT2D eigenvalue weighted by atomic mass is 16.3. The monoisotopic (exact) mass is 259 g/mol. The summed E-state index contributed by atoms with van der Waals surface area (Å²) in [6, 6.07) is 4.77. The third-order valence-corrected chi connectivity index (χ3v) is 4.71. The largest absolute Gasteiger partial charge is 0.392 e. The van der Waals surface area contributed by atoms with E-state index >= 15 is 0 Å². The molecule has 2 aliphatic rings. The molecule has 0 amide bonds. The summed E-state index contributed by atoms with van der Waals surface area (Å²) in [5, 5.41) is 10.3. The third-order valence-electron chi connectivity index (χ3n) is 4.71. The Kier molecular flexibility index (Phi) is 2.99. The van der Waals surface area contributed by atoms with E-state index in [-0.39, 0.29) is 11.5 Å². The van der Waals surface area contributed by atoms with E-state index in [0.717, 1.165) is 25.9 Å². The van der Waals surface area contributed by atoms with Crippen LogP contribution in [0.25, 0.3) is 0 Å². The lowest BCUT2D eigenvalue weighted by molar-refractivity contribution is 0.0971. The summed E-state index contributed by atoms with van der Waals surface area (Å²) in [6.07, 6.45) is 1.79. The Hall–Kier alpha value is -0.860. The molecule has 2 unspecified atom stereocenters. The molecular formula is C17H25NO. The Morgan fingerprint density at radius 3 is 2.58 bits per heavy atom. The Morgan fingerprint density at radius 2 is 1.89 bits per heavy atom. The maximum atomic E-state index is 10.3. The van der Waals surface area contributed by atoms with Crippen molar-refractivity contribution in [3.63, 3.8) is 0 Å². The SMILES string of the molecule is CN1Cc2cc(C(C)(C)C)cc3c2C(C1)C(O)CC3. The molecule has 1 aliphatic carbocycles. The molecule has 0 spiro atoms. The highest BCUT2D eigenvalue weighted by Crippen LogP contribution is 2.40. The van der Waals surface area contributed by atoms with E-state index in [1.54, 1.807) is 0 Å². The van der Waals surface area contributed by atoms with Gasteiger partial charge in [-0.15, -0.1) is 0 Å². The Balaban J connectivity index is 2.15. The van der Waals surface area contributed by atoms with Gasteiger partial charge in [0, 0.05) is 19.0 Å². The number of likely N-dealkylation sites (N-methyl/N-ethyl adjacent to an activating group) is 1. The fraction of sp³-hybridized carbons (Fsp3) is 0.647. The van der Waals surface area contributed by atoms with Crippen LogP contribution in [0.1, 0.15) is 55.4 Å². The number of hydrogen-bond donors (Lipinski definition) is 1. The quantitative estimate of drug-likeness (QED) is 0.774. The van der Waals surface area contributed by atoms with Crippen LogP contribution in [0.3, 0.4) is 0 Å². The van der Waals surface area contributed by atoms with Crippen LogP contribution in [-0.2, 0) is 18.4 Å². The zero-order valence-corrected chi connectivity index (χ0v) is 12.5. The van der Waals surface area contributed by atoms with E-state index in [9.17, 15) is 5.11 Å². The van der Waals surface area contributed by atoms with Gasteiger partial charge >= 0.3 is 0 Å². The van der Waals surface area contributed by atoms with Gasteiger partial charge in [-0.1, -0.05) is 32.9 Å². The average molecular weight is 259 g/mol. The van der Waals surface area contributed by atoms with E-state index in [2.05, 4.69) is 44.9 Å². The molecule has 2 atom stereocenters. The molecule has 1 aromatic rings. The van der Waals surface area contributed by atoms with Crippen molar-refractivity contribution in [1.82, 2.24) is 4.90 Å². The number of rotatable bonds is 0. The number of aliphatic hydroxyl groups excluding tert-OH is 1. The second kappa shape index (κ2) is 4.32. The molecule has 1 aromatic carbocycles. The lowest BCUT2D eigenvalue weighted by atomic mass is 9.73. The van der Waals surface area contributed by atoms with Gasteiger partial charge in [-0.25, -0.2) is 0 Å². The molecule has 0 saturated carbocycles. The molecule has 3 rings (SSSR count). The zero-order valence-electron chi connectivity index (χ0n) is 12.5. The molecule has 1 aliphatic heterocycles. The van der Waals surface area contributed by atoms with Crippen LogP contribution in [0.5, 0.6) is 0 Å². The van der Waals surface area contributed by atoms with Crippen molar-refractivity contribution in [2.75, 3.05) is 13.6 Å². The maximum Gasteiger partial charge on any atom is 0.0624 e. The van der Waals surface area contributed by atoms with E-state index in [0.29, 0.717) is 5.92 Å². The van der Waals surface area contributed by atoms with Crippen molar-refractivity contribution in [3.8, 4) is 0 Å². The Labute approximate surface area is 116 Å². The van der Waals surface area contributed by atoms with Crippen molar-refractivity contribution in [2.45, 2.75) is 57.6 Å². The van der Waals surface area contributed by atoms with Gasteiger partial charge in [-0.05, 0) is 47.6 Å². The lowest BCUT2D eigenvalue weighted by Gasteiger charge is -2.40. The van der Waals surface area contributed by atoms with Crippen LogP contribution in [0.4, 0.5) is 0 Å². The predicted octanol–water partition coefficient (Wildman–Crippen LogP) is 2.82. The van der Waals surface area contributed by atoms with Crippen LogP contribution in [0.15, 0.2) is 12.1 Å². The number of nitrogens with zero attached hydrogens (tertiary/aromatic N) is 1. The van der Waals surface area contributed by atoms with Crippen LogP contribution in [0, 0.1) is 0 Å². The van der Waals surface area contributed by atoms with Gasteiger partial charge in [0.2, 0.25) is 0 Å². The molecule has 2 nitrogen and oxygen atoms in total. The van der Waals surface area contributed by atoms with Crippen molar-refractivity contribution in [2.24, 2.45) is 0 Å². The van der Waals surface area contributed by atoms with Gasteiger partial charge in [-0.3, -0.25) is 0 Å². The summed E-state index contributed by atoms with van der Waals surface area (Å²) < 4.78 is 0. The molecule has 19 heavy (non-hydrogen) atoms. The first kappa shape index (κ1) is 13.1. The summed E-state index contributed by atoms with van der Waals surface area (Å²) in [5.74, 6) is 0.325. The molecule has 2 heteroatoms. The Morgan fingerprint density at radius 1 is 1.21 bits per heavy atom. The van der Waals surface area contributed by atoms with Gasteiger partial charge < -0.3 is 10.0 Å². The molecule has 0 radical (unpaired) electrons. The van der Waals surface area contributed by atoms with E-state index in [1.807, 2.05) is 0 Å². The van der Waals surface area contributed by atoms with Crippen LogP contribution < -0.4 is 0 Å². The van der Waals surface area contributed by atoms with E-state index in [4.69, 9.17) is 0 Å². The van der Waals surface area contributed by atoms with Crippen molar-refractivity contribution < 1.29 is 5.11 Å². The standard InChI is InChI=1S/C17H25NO/c1-17(2,3)13-7-11-5-6-15(19)14-10-18(4)9-12(8-13)16(11)14/h7-8,14-15,19H,5-6,9-10H2,1-4H3. The predicted molar refractivity (Wildman–Crippen MR) is 78.5 cm³/mol. The highest BCUT2D eigenvalue weighted by molar-refractivity contribution is 5.47. The fourth-order valence-corrected chi connectivity index (χ4v) is 3.63. The highest BCUT2D eigenvalue weighted by Gasteiger charge is 2.35. The number of aryl methyl sites for hydroxylation is 1. The molecule has 1 N–H and O–H groups in total. The van der Waals surface area contributed by atoms with Gasteiger partial charge in [0.25, 0.3) is 0 Å². The Bertz CT molecular complexity index is 501. The number of hydrogen-bond acceptors (Lipinski definition) is 2. The molecule has 0 fully saturated rings. The minimum Gasteiger partial charge on any atom is -0.392 e. The molecule has 0 aromatic heterocycles. The number of aliphatic hydroxyl groups is 1. The van der Waals surface area contributed by atoms with Crippen molar-refractivity contribution in [3.05, 3.63) is 34.4 Å². The first-order valence-electron chi connectivity index (χ1n) is 7.39. The van der Waals surface area contributed by atoms with Crippen LogP contribution in [0.2, 0.25) is 0 Å². The smallest absolute Gasteiger partial charge is 0.0624 e. The summed E-state index contributed by atoms with van der Waals surface area (Å²) in [7, 11) is 2.16. The molecule has 104 valence electrons. The zero-order chi connectivity index (χ0) is 13.8. The fourth-order valence-electron chi connectivity index (χ4n) is 3.63. The molecular weight excluding hydrogens is 234 g/mol. The average Bonchev–Trinajstić information content (AvgIpc) is 2.31. The van der Waals surface area contributed by atoms with Gasteiger partial charge in [0.15, 0.2) is 0 Å². The van der Waals surface area contributed by atoms with Gasteiger partial charge in [-0.2, -0.15) is 0 Å². The second-order valence-electron chi connectivity index (χ2n) is 7.37. The normalized spacial score (nSPS) is 27.2. The first-order valence-corrected chi connectivity index (χ1v) is 7.39. The molecule has 0 bridgehead atoms. The van der Waals surface area contributed by atoms with Crippen LogP contribution >= 0.6 is 0 Å². The van der Waals surface area contributed by atoms with Crippen molar-refractivity contribution >= 4 is 0 Å². The first-order chi connectivity index (χ1) is 8.86. The minimum atomic E-state index is -0.158. The van der Waals surface area contributed by atoms with Crippen molar-refractivity contribution in [1.29, 1.82) is 0 Å². The maximum absolute atomic E-state index is 10.3. The lowest BCUT2D eigenvalue weighted by Crippen LogP contribution is -2.39. The van der Waals surface area contributed by atoms with E-state index in [1.165, 1.54) is 22.3 Å². The van der Waals surface area contributed by atoms with Crippen LogP contribution in [-0.4, -0.2) is 29.7 Å². The molecule has 0 saturated heterocycles. The van der Waals surface area contributed by atoms with E-state index < -0.39 is 0 Å². The minimum absolute atomic E-state index is 0.158. The third kappa shape index (κ3) is 2.21. The number of benzene rings is 1. The molecule has 1 heterocycles. The summed E-state index contributed by atoms with van der Waals surface area (Å²) in [6.45, 7) is 8.86.